The predicted molar refractivity (Wildman–Crippen MR) is 119 cm³/mol. The zero-order chi connectivity index (χ0) is 20.8. The smallest absolute Gasteiger partial charge is 0.275 e. The van der Waals surface area contributed by atoms with Gasteiger partial charge in [-0.15, -0.1) is 0 Å². The highest BCUT2D eigenvalue weighted by atomic mass is 16.1. The van der Waals surface area contributed by atoms with Crippen LogP contribution in [0.15, 0.2) is 54.9 Å². The van der Waals surface area contributed by atoms with Gasteiger partial charge in [-0.25, -0.2) is 9.97 Å². The zero-order valence-corrected chi connectivity index (χ0v) is 17.4. The first-order valence-electron chi connectivity index (χ1n) is 9.82. The molecule has 1 amide bonds. The number of nitrogens with zero attached hydrogens (tertiary/aromatic N) is 3. The fraction of sp³-hybridized carbons (Fsp3) is 0.261. The van der Waals surface area contributed by atoms with Crippen LogP contribution < -0.4 is 15.5 Å². The van der Waals surface area contributed by atoms with E-state index >= 15 is 0 Å². The fourth-order valence-electron chi connectivity index (χ4n) is 3.06. The van der Waals surface area contributed by atoms with E-state index in [4.69, 9.17) is 0 Å². The molecule has 0 fully saturated rings. The first-order chi connectivity index (χ1) is 14.0. The lowest BCUT2D eigenvalue weighted by molar-refractivity contribution is 0.102. The Hall–Kier alpha value is -3.41. The van der Waals surface area contributed by atoms with Crippen LogP contribution in [0.2, 0.25) is 0 Å². The summed E-state index contributed by atoms with van der Waals surface area (Å²) < 4.78 is 0. The molecule has 6 heteroatoms. The normalized spacial score (nSPS) is 10.5. The first kappa shape index (κ1) is 20.3. The number of aryl methyl sites for hydroxylation is 2. The van der Waals surface area contributed by atoms with E-state index in [2.05, 4.69) is 51.5 Å². The minimum Gasteiger partial charge on any atom is -0.372 e. The molecule has 0 atom stereocenters. The number of hydrogen-bond acceptors (Lipinski definition) is 5. The summed E-state index contributed by atoms with van der Waals surface area (Å²) >= 11 is 0. The molecule has 0 aliphatic rings. The summed E-state index contributed by atoms with van der Waals surface area (Å²) in [6, 6.07) is 14.1. The highest BCUT2D eigenvalue weighted by Crippen LogP contribution is 2.20. The standard InChI is InChI=1S/C23H27N5O/c1-5-28(6-2)19-11-9-18(10-12-19)26-22-15-24-21(14-25-22)23(29)27-20-13-16(3)7-8-17(20)4/h7-15H,5-6H2,1-4H3,(H,25,26)(H,27,29). The van der Waals surface area contributed by atoms with Gasteiger partial charge in [0.15, 0.2) is 0 Å². The van der Waals surface area contributed by atoms with E-state index in [0.29, 0.717) is 5.82 Å². The summed E-state index contributed by atoms with van der Waals surface area (Å²) in [5.74, 6) is 0.310. The van der Waals surface area contributed by atoms with Crippen LogP contribution in [0.3, 0.4) is 0 Å². The van der Waals surface area contributed by atoms with Crippen molar-refractivity contribution in [2.24, 2.45) is 0 Å². The van der Waals surface area contributed by atoms with Gasteiger partial charge in [-0.1, -0.05) is 12.1 Å². The molecule has 0 aliphatic heterocycles. The molecule has 0 spiro atoms. The first-order valence-corrected chi connectivity index (χ1v) is 9.82. The lowest BCUT2D eigenvalue weighted by Crippen LogP contribution is -2.21. The maximum atomic E-state index is 12.5. The van der Waals surface area contributed by atoms with E-state index in [1.807, 2.05) is 44.2 Å². The second-order valence-corrected chi connectivity index (χ2v) is 6.90. The SMILES string of the molecule is CCN(CC)c1ccc(Nc2cnc(C(=O)Nc3cc(C)ccc3C)cn2)cc1. The van der Waals surface area contributed by atoms with Crippen molar-refractivity contribution in [3.8, 4) is 0 Å². The maximum Gasteiger partial charge on any atom is 0.275 e. The average Bonchev–Trinajstić information content (AvgIpc) is 2.73. The molecule has 0 saturated carbocycles. The Morgan fingerprint density at radius 2 is 1.69 bits per heavy atom. The van der Waals surface area contributed by atoms with Crippen LogP contribution in [-0.4, -0.2) is 29.0 Å². The van der Waals surface area contributed by atoms with Gasteiger partial charge in [0.1, 0.15) is 11.5 Å². The van der Waals surface area contributed by atoms with E-state index in [1.165, 1.54) is 11.9 Å². The zero-order valence-electron chi connectivity index (χ0n) is 17.4. The van der Waals surface area contributed by atoms with Crippen LogP contribution in [0.25, 0.3) is 0 Å². The number of rotatable bonds is 7. The van der Waals surface area contributed by atoms with Gasteiger partial charge >= 0.3 is 0 Å². The third-order valence-corrected chi connectivity index (χ3v) is 4.79. The molecule has 2 N–H and O–H groups in total. The minimum absolute atomic E-state index is 0.272. The number of nitrogens with one attached hydrogen (secondary N) is 2. The monoisotopic (exact) mass is 389 g/mol. The van der Waals surface area contributed by atoms with Gasteiger partial charge < -0.3 is 15.5 Å². The Balaban J connectivity index is 1.65. The van der Waals surface area contributed by atoms with E-state index in [-0.39, 0.29) is 11.6 Å². The third kappa shape index (κ3) is 5.10. The molecule has 0 radical (unpaired) electrons. The highest BCUT2D eigenvalue weighted by Gasteiger charge is 2.10. The molecule has 0 bridgehead atoms. The number of benzene rings is 2. The van der Waals surface area contributed by atoms with Gasteiger partial charge in [-0.3, -0.25) is 4.79 Å². The van der Waals surface area contributed by atoms with Gasteiger partial charge in [0.2, 0.25) is 0 Å². The molecular weight excluding hydrogens is 362 g/mol. The summed E-state index contributed by atoms with van der Waals surface area (Å²) in [5.41, 5.74) is 5.25. The van der Waals surface area contributed by atoms with Crippen molar-refractivity contribution >= 4 is 28.8 Å². The second kappa shape index (κ2) is 9.19. The Morgan fingerprint density at radius 3 is 2.31 bits per heavy atom. The molecule has 1 heterocycles. The van der Waals surface area contributed by atoms with Gasteiger partial charge in [0.05, 0.1) is 12.4 Å². The molecule has 0 unspecified atom stereocenters. The van der Waals surface area contributed by atoms with Crippen LogP contribution in [0.1, 0.15) is 35.5 Å². The van der Waals surface area contributed by atoms with E-state index < -0.39 is 0 Å². The van der Waals surface area contributed by atoms with Crippen LogP contribution >= 0.6 is 0 Å². The topological polar surface area (TPSA) is 70.2 Å². The van der Waals surface area contributed by atoms with E-state index in [9.17, 15) is 4.79 Å². The van der Waals surface area contributed by atoms with Gasteiger partial charge in [-0.2, -0.15) is 0 Å². The predicted octanol–water partition coefficient (Wildman–Crippen LogP) is 4.94. The van der Waals surface area contributed by atoms with Crippen molar-refractivity contribution in [3.63, 3.8) is 0 Å². The lowest BCUT2D eigenvalue weighted by atomic mass is 10.1. The number of anilines is 4. The van der Waals surface area contributed by atoms with Crippen molar-refractivity contribution < 1.29 is 4.79 Å². The van der Waals surface area contributed by atoms with Crippen molar-refractivity contribution in [3.05, 3.63) is 71.7 Å². The number of amides is 1. The molecule has 29 heavy (non-hydrogen) atoms. The summed E-state index contributed by atoms with van der Waals surface area (Å²) in [4.78, 5) is 23.3. The quantitative estimate of drug-likeness (QED) is 0.599. The second-order valence-electron chi connectivity index (χ2n) is 6.90. The Bertz CT molecular complexity index is 964. The minimum atomic E-state index is -0.277. The van der Waals surface area contributed by atoms with Gasteiger partial charge in [0.25, 0.3) is 5.91 Å². The van der Waals surface area contributed by atoms with Gasteiger partial charge in [0, 0.05) is 30.2 Å². The van der Waals surface area contributed by atoms with Crippen molar-refractivity contribution in [1.29, 1.82) is 0 Å². The number of aromatic nitrogens is 2. The number of carbonyl (C=O) groups is 1. The molecule has 150 valence electrons. The molecule has 6 nitrogen and oxygen atoms in total. The van der Waals surface area contributed by atoms with Crippen LogP contribution in [0.4, 0.5) is 22.9 Å². The summed E-state index contributed by atoms with van der Waals surface area (Å²) in [5, 5.41) is 6.11. The van der Waals surface area contributed by atoms with E-state index in [1.54, 1.807) is 6.20 Å². The summed E-state index contributed by atoms with van der Waals surface area (Å²) in [7, 11) is 0. The largest absolute Gasteiger partial charge is 0.372 e. The van der Waals surface area contributed by atoms with Crippen LogP contribution in [-0.2, 0) is 0 Å². The number of hydrogen-bond donors (Lipinski definition) is 2. The summed E-state index contributed by atoms with van der Waals surface area (Å²) in [6.45, 7) is 10.2. The molecular formula is C23H27N5O. The summed E-state index contributed by atoms with van der Waals surface area (Å²) in [6.07, 6.45) is 3.05. The molecule has 0 saturated heterocycles. The number of carbonyl (C=O) groups excluding carboxylic acids is 1. The molecule has 3 rings (SSSR count). The van der Waals surface area contributed by atoms with Crippen molar-refractivity contribution in [1.82, 2.24) is 9.97 Å². The Labute approximate surface area is 172 Å². The molecule has 2 aromatic carbocycles. The fourth-order valence-corrected chi connectivity index (χ4v) is 3.06. The van der Waals surface area contributed by atoms with Crippen LogP contribution in [0.5, 0.6) is 0 Å². The average molecular weight is 390 g/mol. The lowest BCUT2D eigenvalue weighted by Gasteiger charge is -2.21. The highest BCUT2D eigenvalue weighted by molar-refractivity contribution is 6.03. The molecule has 0 aliphatic carbocycles. The Morgan fingerprint density at radius 1 is 0.966 bits per heavy atom. The van der Waals surface area contributed by atoms with E-state index in [0.717, 1.165) is 35.6 Å². The van der Waals surface area contributed by atoms with Crippen LogP contribution in [0, 0.1) is 13.8 Å². The van der Waals surface area contributed by atoms with Crippen molar-refractivity contribution in [2.45, 2.75) is 27.7 Å². The molecule has 1 aromatic heterocycles. The maximum absolute atomic E-state index is 12.5. The molecule has 3 aromatic rings. The van der Waals surface area contributed by atoms with Gasteiger partial charge in [-0.05, 0) is 69.2 Å². The Kier molecular flexibility index (Phi) is 6.44. The third-order valence-electron chi connectivity index (χ3n) is 4.79. The van der Waals surface area contributed by atoms with Crippen molar-refractivity contribution in [2.75, 3.05) is 28.6 Å².